The smallest absolute Gasteiger partial charge is 0.132 e. The van der Waals surface area contributed by atoms with Gasteiger partial charge in [-0.2, -0.15) is 10.2 Å². The molecule has 9 heterocycles. The van der Waals surface area contributed by atoms with E-state index in [-0.39, 0.29) is 11.6 Å². The quantitative estimate of drug-likeness (QED) is 0.161. The molecule has 318 valence electrons. The molecule has 63 heavy (non-hydrogen) atoms. The van der Waals surface area contributed by atoms with Gasteiger partial charge in [0.2, 0.25) is 0 Å². The Morgan fingerprint density at radius 3 is 1.54 bits per heavy atom. The number of hydrogen-bond acceptors (Lipinski definition) is 9. The van der Waals surface area contributed by atoms with E-state index in [1.165, 1.54) is 43.7 Å². The van der Waals surface area contributed by atoms with Gasteiger partial charge in [-0.05, 0) is 111 Å². The summed E-state index contributed by atoms with van der Waals surface area (Å²) in [7, 11) is 0. The van der Waals surface area contributed by atoms with Gasteiger partial charge in [-0.3, -0.25) is 25.1 Å². The van der Waals surface area contributed by atoms with Crippen LogP contribution in [0.3, 0.4) is 0 Å². The molecule has 8 aromatic rings. The maximum Gasteiger partial charge on any atom is 0.132 e. The van der Waals surface area contributed by atoms with Gasteiger partial charge >= 0.3 is 0 Å². The minimum Gasteiger partial charge on any atom is -0.370 e. The lowest BCUT2D eigenvalue weighted by molar-refractivity contribution is 0.0218. The molecule has 3 aliphatic heterocycles. The number of pyridine rings is 4. The largest absolute Gasteiger partial charge is 0.370 e. The van der Waals surface area contributed by atoms with E-state index >= 15 is 0 Å². The predicted octanol–water partition coefficient (Wildman–Crippen LogP) is 10.3. The third-order valence-electron chi connectivity index (χ3n) is 13.4. The van der Waals surface area contributed by atoms with Crippen LogP contribution in [0.4, 0.5) is 20.2 Å². The van der Waals surface area contributed by atoms with E-state index in [0.717, 1.165) is 88.5 Å². The molecular formula is C48H43Cl2F2N11. The first-order valence-electron chi connectivity index (χ1n) is 21.4. The van der Waals surface area contributed by atoms with Crippen LogP contribution < -0.4 is 9.80 Å². The Kier molecular flexibility index (Phi) is 10.1. The van der Waals surface area contributed by atoms with E-state index in [2.05, 4.69) is 71.0 Å². The van der Waals surface area contributed by atoms with E-state index in [4.69, 9.17) is 33.2 Å². The Morgan fingerprint density at radius 1 is 0.556 bits per heavy atom. The van der Waals surface area contributed by atoms with Gasteiger partial charge in [0, 0.05) is 83.0 Å². The second kappa shape index (κ2) is 16.0. The topological polar surface area (TPSA) is 119 Å². The zero-order valence-electron chi connectivity index (χ0n) is 34.6. The molecule has 15 heteroatoms. The van der Waals surface area contributed by atoms with Crippen molar-refractivity contribution in [3.63, 3.8) is 0 Å². The fourth-order valence-corrected chi connectivity index (χ4v) is 10.2. The zero-order valence-corrected chi connectivity index (χ0v) is 36.1. The highest BCUT2D eigenvalue weighted by atomic mass is 35.5. The molecule has 4 atom stereocenters. The normalized spacial score (nSPS) is 20.4. The van der Waals surface area contributed by atoms with Gasteiger partial charge in [-0.1, -0.05) is 23.2 Å². The summed E-state index contributed by atoms with van der Waals surface area (Å²) in [4.78, 5) is 26.4. The van der Waals surface area contributed by atoms with E-state index in [0.29, 0.717) is 56.0 Å². The van der Waals surface area contributed by atoms with Crippen molar-refractivity contribution in [3.05, 3.63) is 119 Å². The number of aromatic amines is 2. The first-order chi connectivity index (χ1) is 30.6. The molecule has 6 aromatic heterocycles. The van der Waals surface area contributed by atoms with Crippen molar-refractivity contribution in [2.24, 2.45) is 17.8 Å². The molecule has 11 nitrogen and oxygen atoms in total. The van der Waals surface area contributed by atoms with Crippen molar-refractivity contribution in [3.8, 4) is 45.0 Å². The molecule has 0 radical (unpaired) electrons. The van der Waals surface area contributed by atoms with Gasteiger partial charge < -0.3 is 9.80 Å². The number of nitrogens with zero attached hydrogens (tertiary/aromatic N) is 9. The van der Waals surface area contributed by atoms with Crippen molar-refractivity contribution in [2.45, 2.75) is 38.8 Å². The molecule has 1 aliphatic carbocycles. The lowest BCUT2D eigenvalue weighted by Gasteiger charge is -2.46. The molecule has 3 saturated heterocycles. The highest BCUT2D eigenvalue weighted by molar-refractivity contribution is 6.31. The fourth-order valence-electron chi connectivity index (χ4n) is 9.84. The molecular weight excluding hydrogens is 840 g/mol. The fraction of sp³-hybridized carbons (Fsp3) is 0.292. The standard InChI is InChI=1S/C25H24ClFN6.C23H19ClFN5/c1-14(2)33-12-15-11-32(13-24(15)33)17-8-23-22(28-9-17)6-5-21(30-23)19-10-29-31-25(19)18-7-16(26)3-4-20(18)27;24-15-3-4-19(25)17(7-15)23-18(10-27-29-23)20-5-6-21-22(28-20)8-16(9-26-21)30-11-13-1-2-14(13)12-30/h3-10,14-15,24H,11-13H2,1-2H3,(H,29,31);3-10,13-14H,1-2,11-12H2,(H,27,29). The van der Waals surface area contributed by atoms with Gasteiger partial charge in [0.15, 0.2) is 0 Å². The van der Waals surface area contributed by atoms with Crippen molar-refractivity contribution >= 4 is 56.6 Å². The van der Waals surface area contributed by atoms with Gasteiger partial charge in [-0.25, -0.2) is 18.7 Å². The Hall–Kier alpha value is -6.02. The third-order valence-corrected chi connectivity index (χ3v) is 13.9. The van der Waals surface area contributed by atoms with E-state index in [1.54, 1.807) is 24.5 Å². The summed E-state index contributed by atoms with van der Waals surface area (Å²) in [6.07, 6.45) is 9.90. The number of fused-ring (bicyclic) bond motifs is 4. The Balaban J connectivity index is 0.000000142. The molecule has 0 amide bonds. The number of H-pyrrole nitrogens is 2. The Morgan fingerprint density at radius 2 is 1.05 bits per heavy atom. The number of hydrogen-bond donors (Lipinski definition) is 2. The van der Waals surface area contributed by atoms with Crippen LogP contribution in [0.15, 0.2) is 97.6 Å². The van der Waals surface area contributed by atoms with E-state index in [1.807, 2.05) is 36.7 Å². The minimum atomic E-state index is -0.367. The maximum absolute atomic E-state index is 14.5. The second-order valence-electron chi connectivity index (χ2n) is 17.4. The highest BCUT2D eigenvalue weighted by Gasteiger charge is 2.46. The minimum absolute atomic E-state index is 0.363. The first-order valence-corrected chi connectivity index (χ1v) is 22.2. The van der Waals surface area contributed by atoms with Crippen LogP contribution in [0.5, 0.6) is 0 Å². The van der Waals surface area contributed by atoms with Crippen LogP contribution in [0.25, 0.3) is 67.1 Å². The van der Waals surface area contributed by atoms with E-state index < -0.39 is 0 Å². The van der Waals surface area contributed by atoms with Crippen LogP contribution in [0, 0.1) is 29.4 Å². The number of nitrogens with one attached hydrogen (secondary N) is 2. The maximum atomic E-state index is 14.5. The number of benzene rings is 2. The lowest BCUT2D eigenvalue weighted by Crippen LogP contribution is -2.58. The van der Waals surface area contributed by atoms with Crippen molar-refractivity contribution in [1.29, 1.82) is 0 Å². The Labute approximate surface area is 372 Å². The average molecular weight is 883 g/mol. The second-order valence-corrected chi connectivity index (χ2v) is 18.3. The number of rotatable bonds is 7. The highest BCUT2D eigenvalue weighted by Crippen LogP contribution is 2.43. The van der Waals surface area contributed by atoms with Crippen molar-refractivity contribution in [2.75, 3.05) is 42.5 Å². The van der Waals surface area contributed by atoms with Crippen LogP contribution in [0.2, 0.25) is 10.0 Å². The molecule has 0 bridgehead atoms. The van der Waals surface area contributed by atoms with Gasteiger partial charge in [-0.15, -0.1) is 0 Å². The first kappa shape index (κ1) is 39.8. The van der Waals surface area contributed by atoms with Crippen LogP contribution in [0.1, 0.15) is 26.7 Å². The molecule has 12 rings (SSSR count). The number of anilines is 2. The summed E-state index contributed by atoms with van der Waals surface area (Å²) in [6, 6.07) is 22.1. The van der Waals surface area contributed by atoms with Gasteiger partial charge in [0.25, 0.3) is 0 Å². The number of halogens is 4. The lowest BCUT2D eigenvalue weighted by atomic mass is 9.77. The zero-order chi connectivity index (χ0) is 42.9. The molecule has 4 aliphatic rings. The molecule has 2 N–H and O–H groups in total. The van der Waals surface area contributed by atoms with Crippen LogP contribution in [-0.2, 0) is 0 Å². The molecule has 0 spiro atoms. The summed E-state index contributed by atoms with van der Waals surface area (Å²) in [5, 5.41) is 15.0. The Bertz CT molecular complexity index is 3010. The monoisotopic (exact) mass is 881 g/mol. The van der Waals surface area contributed by atoms with Gasteiger partial charge in [0.1, 0.15) is 11.6 Å². The van der Waals surface area contributed by atoms with Crippen molar-refractivity contribution < 1.29 is 8.78 Å². The third kappa shape index (κ3) is 7.35. The summed E-state index contributed by atoms with van der Waals surface area (Å²) in [5.41, 5.74) is 10.2. The SMILES string of the molecule is CC(C)N1CC2CN(c3cnc4ccc(-c5cn[nH]c5-c5cc(Cl)ccc5F)nc4c3)CC21.Fc1ccc(Cl)cc1-c1[nH]ncc1-c1ccc2ncc(N3CC4CCC4C3)cc2n1. The summed E-state index contributed by atoms with van der Waals surface area (Å²) in [6.45, 7) is 10.00. The molecule has 2 aromatic carbocycles. The number of likely N-dealkylation sites (tertiary alicyclic amines) is 1. The molecule has 4 unspecified atom stereocenters. The summed E-state index contributed by atoms with van der Waals surface area (Å²) >= 11 is 12.2. The van der Waals surface area contributed by atoms with Gasteiger partial charge in [0.05, 0.1) is 81.0 Å². The number of aromatic nitrogens is 8. The van der Waals surface area contributed by atoms with Crippen LogP contribution >= 0.6 is 23.2 Å². The average Bonchev–Trinajstić information content (AvgIpc) is 4.09. The van der Waals surface area contributed by atoms with Crippen molar-refractivity contribution in [1.82, 2.24) is 45.2 Å². The molecule has 4 fully saturated rings. The summed E-state index contributed by atoms with van der Waals surface area (Å²) < 4.78 is 28.9. The predicted molar refractivity (Wildman–Crippen MR) is 245 cm³/mol. The molecule has 1 saturated carbocycles. The summed E-state index contributed by atoms with van der Waals surface area (Å²) in [5.74, 6) is 1.66. The van der Waals surface area contributed by atoms with Crippen LogP contribution in [-0.4, -0.2) is 90.0 Å². The van der Waals surface area contributed by atoms with E-state index in [9.17, 15) is 8.78 Å².